The van der Waals surface area contributed by atoms with Gasteiger partial charge < -0.3 is 10.1 Å². The number of rotatable bonds is 5. The first-order valence-electron chi connectivity index (χ1n) is 5.74. The summed E-state index contributed by atoms with van der Waals surface area (Å²) < 4.78 is 5.29. The van der Waals surface area contributed by atoms with Gasteiger partial charge in [-0.3, -0.25) is 0 Å². The summed E-state index contributed by atoms with van der Waals surface area (Å²) in [5, 5.41) is 2.63. The van der Waals surface area contributed by atoms with Crippen LogP contribution in [0, 0.1) is 0 Å². The number of ether oxygens (including phenoxy) is 1. The van der Waals surface area contributed by atoms with Crippen molar-refractivity contribution < 1.29 is 9.53 Å². The number of carbonyl (C=O) groups excluding carboxylic acids is 1. The van der Waals surface area contributed by atoms with Crippen LogP contribution in [0.3, 0.4) is 0 Å². The fraction of sp³-hybridized carbons (Fsp3) is 0.462. The molecule has 88 valence electrons. The number of carbonyl (C=O) groups is 1. The van der Waals surface area contributed by atoms with Gasteiger partial charge in [-0.15, -0.1) is 0 Å². The Morgan fingerprint density at radius 2 is 2.00 bits per heavy atom. The first kappa shape index (κ1) is 12.6. The molecule has 1 amide bonds. The highest BCUT2D eigenvalue weighted by atomic mass is 16.6. The zero-order valence-corrected chi connectivity index (χ0v) is 9.90. The third kappa shape index (κ3) is 4.34. The standard InChI is InChI=1S/C13H19NO2/c1-3-12(16-13(15)14-4-2)10-11-8-6-5-7-9-11/h5-9,12H,3-4,10H2,1-2H3,(H,14,15)/t12-/m0/s1. The molecule has 0 bridgehead atoms. The molecule has 0 fully saturated rings. The smallest absolute Gasteiger partial charge is 0.407 e. The lowest BCUT2D eigenvalue weighted by atomic mass is 10.1. The second kappa shape index (κ2) is 6.88. The highest BCUT2D eigenvalue weighted by Gasteiger charge is 2.12. The molecule has 1 N–H and O–H groups in total. The maximum Gasteiger partial charge on any atom is 0.407 e. The van der Waals surface area contributed by atoms with Crippen LogP contribution in [0.2, 0.25) is 0 Å². The van der Waals surface area contributed by atoms with Crippen molar-refractivity contribution in [1.82, 2.24) is 5.32 Å². The summed E-state index contributed by atoms with van der Waals surface area (Å²) in [6.07, 6.45) is 1.22. The van der Waals surface area contributed by atoms with Crippen molar-refractivity contribution in [3.05, 3.63) is 35.9 Å². The molecule has 1 aromatic carbocycles. The molecule has 16 heavy (non-hydrogen) atoms. The molecular formula is C13H19NO2. The Kier molecular flexibility index (Phi) is 5.40. The summed E-state index contributed by atoms with van der Waals surface area (Å²) >= 11 is 0. The Labute approximate surface area is 96.8 Å². The average molecular weight is 221 g/mol. The quantitative estimate of drug-likeness (QED) is 0.830. The topological polar surface area (TPSA) is 38.3 Å². The summed E-state index contributed by atoms with van der Waals surface area (Å²) in [4.78, 5) is 11.3. The zero-order chi connectivity index (χ0) is 11.8. The van der Waals surface area contributed by atoms with Crippen LogP contribution >= 0.6 is 0 Å². The molecule has 0 aliphatic heterocycles. The summed E-state index contributed by atoms with van der Waals surface area (Å²) in [7, 11) is 0. The van der Waals surface area contributed by atoms with Gasteiger partial charge in [-0.1, -0.05) is 37.3 Å². The predicted octanol–water partition coefficient (Wildman–Crippen LogP) is 2.75. The van der Waals surface area contributed by atoms with Crippen LogP contribution in [-0.4, -0.2) is 18.7 Å². The largest absolute Gasteiger partial charge is 0.446 e. The molecule has 0 unspecified atom stereocenters. The zero-order valence-electron chi connectivity index (χ0n) is 9.90. The third-order valence-corrected chi connectivity index (χ3v) is 2.36. The van der Waals surface area contributed by atoms with Gasteiger partial charge >= 0.3 is 6.09 Å². The van der Waals surface area contributed by atoms with Gasteiger partial charge in [0, 0.05) is 13.0 Å². The molecule has 0 aliphatic carbocycles. The van der Waals surface area contributed by atoms with Crippen LogP contribution in [0.5, 0.6) is 0 Å². The van der Waals surface area contributed by atoms with E-state index in [0.29, 0.717) is 6.54 Å². The van der Waals surface area contributed by atoms with Crippen molar-refractivity contribution in [1.29, 1.82) is 0 Å². The van der Waals surface area contributed by atoms with Gasteiger partial charge in [-0.25, -0.2) is 4.79 Å². The van der Waals surface area contributed by atoms with Crippen molar-refractivity contribution in [2.75, 3.05) is 6.54 Å². The van der Waals surface area contributed by atoms with E-state index in [1.54, 1.807) is 0 Å². The molecule has 1 rings (SSSR count). The summed E-state index contributed by atoms with van der Waals surface area (Å²) in [5.74, 6) is 0. The lowest BCUT2D eigenvalue weighted by molar-refractivity contribution is 0.0957. The van der Waals surface area contributed by atoms with Gasteiger partial charge in [-0.05, 0) is 18.9 Å². The van der Waals surface area contributed by atoms with Crippen LogP contribution in [-0.2, 0) is 11.2 Å². The normalized spacial score (nSPS) is 11.9. The van der Waals surface area contributed by atoms with Crippen LogP contribution in [0.4, 0.5) is 4.79 Å². The first-order chi connectivity index (χ1) is 7.76. The number of nitrogens with one attached hydrogen (secondary N) is 1. The van der Waals surface area contributed by atoms with Gasteiger partial charge in [0.2, 0.25) is 0 Å². The van der Waals surface area contributed by atoms with E-state index in [9.17, 15) is 4.79 Å². The van der Waals surface area contributed by atoms with Gasteiger partial charge in [0.15, 0.2) is 0 Å². The number of alkyl carbamates (subject to hydrolysis) is 1. The minimum atomic E-state index is -0.328. The van der Waals surface area contributed by atoms with E-state index in [-0.39, 0.29) is 12.2 Å². The van der Waals surface area contributed by atoms with Gasteiger partial charge in [0.25, 0.3) is 0 Å². The van der Waals surface area contributed by atoms with Crippen LogP contribution in [0.25, 0.3) is 0 Å². The fourth-order valence-corrected chi connectivity index (χ4v) is 1.48. The maximum atomic E-state index is 11.3. The van der Waals surface area contributed by atoms with E-state index in [1.165, 1.54) is 5.56 Å². The average Bonchev–Trinajstić information content (AvgIpc) is 2.30. The number of amides is 1. The molecule has 0 aliphatic rings. The van der Waals surface area contributed by atoms with Crippen molar-refractivity contribution in [2.45, 2.75) is 32.8 Å². The highest BCUT2D eigenvalue weighted by Crippen LogP contribution is 2.08. The lowest BCUT2D eigenvalue weighted by Gasteiger charge is -2.16. The molecule has 3 nitrogen and oxygen atoms in total. The fourth-order valence-electron chi connectivity index (χ4n) is 1.48. The Bertz CT molecular complexity index is 311. The molecule has 3 heteroatoms. The van der Waals surface area contributed by atoms with E-state index < -0.39 is 0 Å². The molecule has 0 radical (unpaired) electrons. The van der Waals surface area contributed by atoms with Crippen molar-refractivity contribution in [3.63, 3.8) is 0 Å². The molecule has 0 spiro atoms. The number of hydrogen-bond donors (Lipinski definition) is 1. The highest BCUT2D eigenvalue weighted by molar-refractivity contribution is 5.67. The monoisotopic (exact) mass is 221 g/mol. The van der Waals surface area contributed by atoms with Gasteiger partial charge in [-0.2, -0.15) is 0 Å². The van der Waals surface area contributed by atoms with E-state index in [2.05, 4.69) is 5.32 Å². The summed E-state index contributed by atoms with van der Waals surface area (Å²) in [5.41, 5.74) is 1.19. The molecule has 1 atom stereocenters. The maximum absolute atomic E-state index is 11.3. The van der Waals surface area contributed by atoms with E-state index >= 15 is 0 Å². The third-order valence-electron chi connectivity index (χ3n) is 2.36. The molecule has 0 saturated heterocycles. The summed E-state index contributed by atoms with van der Waals surface area (Å²) in [6.45, 7) is 4.49. The minimum Gasteiger partial charge on any atom is -0.446 e. The molecule has 0 heterocycles. The summed E-state index contributed by atoms with van der Waals surface area (Å²) in [6, 6.07) is 10.1. The minimum absolute atomic E-state index is 0.0473. The SMILES string of the molecule is CCNC(=O)O[C@@H](CC)Cc1ccccc1. The van der Waals surface area contributed by atoms with Crippen molar-refractivity contribution in [2.24, 2.45) is 0 Å². The Hall–Kier alpha value is -1.51. The Balaban J connectivity index is 2.46. The molecular weight excluding hydrogens is 202 g/mol. The van der Waals surface area contributed by atoms with Crippen molar-refractivity contribution in [3.8, 4) is 0 Å². The van der Waals surface area contributed by atoms with E-state index in [1.807, 2.05) is 44.2 Å². The second-order valence-corrected chi connectivity index (χ2v) is 3.66. The van der Waals surface area contributed by atoms with Gasteiger partial charge in [0.05, 0.1) is 0 Å². The number of benzene rings is 1. The Morgan fingerprint density at radius 3 is 2.56 bits per heavy atom. The van der Waals surface area contributed by atoms with E-state index in [4.69, 9.17) is 4.74 Å². The predicted molar refractivity (Wildman–Crippen MR) is 64.4 cm³/mol. The van der Waals surface area contributed by atoms with Crippen LogP contribution < -0.4 is 5.32 Å². The van der Waals surface area contributed by atoms with Crippen LogP contribution in [0.1, 0.15) is 25.8 Å². The van der Waals surface area contributed by atoms with Crippen molar-refractivity contribution >= 4 is 6.09 Å². The van der Waals surface area contributed by atoms with Gasteiger partial charge in [0.1, 0.15) is 6.10 Å². The van der Waals surface area contributed by atoms with E-state index in [0.717, 1.165) is 12.8 Å². The first-order valence-corrected chi connectivity index (χ1v) is 5.74. The molecule has 0 saturated carbocycles. The number of hydrogen-bond acceptors (Lipinski definition) is 2. The molecule has 0 aromatic heterocycles. The van der Waals surface area contributed by atoms with Crippen LogP contribution in [0.15, 0.2) is 30.3 Å². The second-order valence-electron chi connectivity index (χ2n) is 3.66. The lowest BCUT2D eigenvalue weighted by Crippen LogP contribution is -2.29. The Morgan fingerprint density at radius 1 is 1.31 bits per heavy atom. The molecule has 1 aromatic rings.